The number of benzene rings is 2. The molecule has 0 radical (unpaired) electrons. The topological polar surface area (TPSA) is 71.5 Å². The maximum absolute atomic E-state index is 6.48. The Morgan fingerprint density at radius 3 is 2.58 bits per heavy atom. The van der Waals surface area contributed by atoms with Gasteiger partial charge in [-0.25, -0.2) is 0 Å². The molecule has 1 saturated carbocycles. The van der Waals surface area contributed by atoms with E-state index in [1.165, 1.54) is 11.1 Å². The highest BCUT2D eigenvalue weighted by Gasteiger charge is 2.32. The van der Waals surface area contributed by atoms with Gasteiger partial charge >= 0.3 is 0 Å². The van der Waals surface area contributed by atoms with Gasteiger partial charge in [0.15, 0.2) is 5.84 Å². The van der Waals surface area contributed by atoms with E-state index in [9.17, 15) is 0 Å². The maximum Gasteiger partial charge on any atom is 0.154 e. The first-order valence-corrected chi connectivity index (χ1v) is 12.6. The number of aromatic nitrogens is 2. The van der Waals surface area contributed by atoms with E-state index >= 15 is 0 Å². The standard InChI is InChI=1S/C30H34N6/c1-6-21-18-35(23-11-9-8-10-12-23)20(4)26-17-22(13-14-25(21)26)29-28(30(31)33-32-5)27(7-2)36(34-29)24-15-19(3)16-24/h7-14,17-19,24,32H,2,4,6,15-16H2,1,3,5H3,(H2,31,33). The van der Waals surface area contributed by atoms with E-state index in [0.29, 0.717) is 17.8 Å². The number of anilines is 1. The van der Waals surface area contributed by atoms with Gasteiger partial charge in [-0.1, -0.05) is 57.3 Å². The fraction of sp³-hybridized carbons (Fsp3) is 0.267. The second kappa shape index (κ2) is 9.53. The first kappa shape index (κ1) is 23.7. The Hall–Kier alpha value is -4.06. The number of para-hydroxylation sites is 1. The van der Waals surface area contributed by atoms with Crippen molar-refractivity contribution in [2.24, 2.45) is 16.8 Å². The molecular weight excluding hydrogens is 444 g/mol. The van der Waals surface area contributed by atoms with Gasteiger partial charge in [0.2, 0.25) is 0 Å². The summed E-state index contributed by atoms with van der Waals surface area (Å²) in [5.41, 5.74) is 18.4. The van der Waals surface area contributed by atoms with Crippen molar-refractivity contribution >= 4 is 28.9 Å². The Morgan fingerprint density at radius 1 is 1.19 bits per heavy atom. The molecule has 5 rings (SSSR count). The number of amidine groups is 1. The summed E-state index contributed by atoms with van der Waals surface area (Å²) in [4.78, 5) is 2.17. The van der Waals surface area contributed by atoms with Crippen molar-refractivity contribution in [1.82, 2.24) is 15.2 Å². The van der Waals surface area contributed by atoms with E-state index in [4.69, 9.17) is 10.8 Å². The Balaban J connectivity index is 1.66. The number of rotatable bonds is 7. The number of nitrogens with two attached hydrogens (primary N) is 1. The summed E-state index contributed by atoms with van der Waals surface area (Å²) in [5, 5.41) is 9.41. The molecule has 1 aliphatic carbocycles. The van der Waals surface area contributed by atoms with Crippen molar-refractivity contribution in [1.29, 1.82) is 0 Å². The van der Waals surface area contributed by atoms with E-state index in [-0.39, 0.29) is 0 Å². The van der Waals surface area contributed by atoms with Gasteiger partial charge in [0, 0.05) is 35.8 Å². The van der Waals surface area contributed by atoms with Crippen LogP contribution >= 0.6 is 0 Å². The molecule has 0 atom stereocenters. The van der Waals surface area contributed by atoms with Crippen LogP contribution in [0.5, 0.6) is 0 Å². The molecule has 0 saturated heterocycles. The van der Waals surface area contributed by atoms with Gasteiger partial charge in [-0.2, -0.15) is 10.2 Å². The highest BCUT2D eigenvalue weighted by Crippen LogP contribution is 2.42. The highest BCUT2D eigenvalue weighted by atomic mass is 15.3. The third-order valence-electron chi connectivity index (χ3n) is 7.26. The molecule has 2 heterocycles. The third-order valence-corrected chi connectivity index (χ3v) is 7.26. The lowest BCUT2D eigenvalue weighted by Gasteiger charge is -2.33. The molecule has 184 valence electrons. The van der Waals surface area contributed by atoms with Crippen LogP contribution in [-0.2, 0) is 0 Å². The molecule has 3 N–H and O–H groups in total. The maximum atomic E-state index is 6.48. The molecule has 6 nitrogen and oxygen atoms in total. The number of hydrogen-bond acceptors (Lipinski definition) is 4. The molecule has 1 aliphatic heterocycles. The zero-order chi connectivity index (χ0) is 25.4. The second-order valence-corrected chi connectivity index (χ2v) is 9.63. The number of hydrogen-bond donors (Lipinski definition) is 2. The first-order chi connectivity index (χ1) is 17.5. The van der Waals surface area contributed by atoms with E-state index in [2.05, 4.69) is 95.8 Å². The molecule has 1 aromatic heterocycles. The Morgan fingerprint density at radius 2 is 1.94 bits per heavy atom. The van der Waals surface area contributed by atoms with E-state index in [1.807, 2.05) is 12.1 Å². The number of allylic oxidation sites excluding steroid dienone is 1. The average molecular weight is 479 g/mol. The predicted octanol–water partition coefficient (Wildman–Crippen LogP) is 6.25. The Labute approximate surface area is 213 Å². The lowest BCUT2D eigenvalue weighted by atomic mass is 9.82. The fourth-order valence-electron chi connectivity index (χ4n) is 5.36. The van der Waals surface area contributed by atoms with Crippen molar-refractivity contribution < 1.29 is 0 Å². The summed E-state index contributed by atoms with van der Waals surface area (Å²) in [5.74, 6) is 1.10. The molecule has 0 amide bonds. The average Bonchev–Trinajstić information content (AvgIpc) is 3.27. The first-order valence-electron chi connectivity index (χ1n) is 12.6. The second-order valence-electron chi connectivity index (χ2n) is 9.63. The van der Waals surface area contributed by atoms with Gasteiger partial charge < -0.3 is 16.1 Å². The molecule has 0 spiro atoms. The van der Waals surface area contributed by atoms with Crippen LogP contribution in [0, 0.1) is 5.92 Å². The summed E-state index contributed by atoms with van der Waals surface area (Å²) in [6.07, 6.45) is 7.17. The Bertz CT molecular complexity index is 1370. The van der Waals surface area contributed by atoms with Gasteiger partial charge in [0.1, 0.15) is 5.69 Å². The molecular formula is C30H34N6. The van der Waals surface area contributed by atoms with Gasteiger partial charge in [-0.15, -0.1) is 0 Å². The predicted molar refractivity (Wildman–Crippen MR) is 151 cm³/mol. The zero-order valence-corrected chi connectivity index (χ0v) is 21.3. The van der Waals surface area contributed by atoms with Crippen molar-refractivity contribution in [2.45, 2.75) is 39.2 Å². The lowest BCUT2D eigenvalue weighted by Crippen LogP contribution is -2.27. The van der Waals surface area contributed by atoms with Crippen molar-refractivity contribution in [3.05, 3.63) is 90.3 Å². The van der Waals surface area contributed by atoms with E-state index in [0.717, 1.165) is 58.7 Å². The highest BCUT2D eigenvalue weighted by molar-refractivity contribution is 6.05. The van der Waals surface area contributed by atoms with Gasteiger partial charge in [0.05, 0.1) is 17.3 Å². The van der Waals surface area contributed by atoms with Crippen LogP contribution in [0.25, 0.3) is 28.6 Å². The van der Waals surface area contributed by atoms with Crippen LogP contribution < -0.4 is 16.1 Å². The molecule has 6 heteroatoms. The van der Waals surface area contributed by atoms with Crippen molar-refractivity contribution in [2.75, 3.05) is 11.9 Å². The van der Waals surface area contributed by atoms with Crippen molar-refractivity contribution in [3.8, 4) is 11.3 Å². The molecule has 0 bridgehead atoms. The van der Waals surface area contributed by atoms with Crippen LogP contribution in [0.15, 0.2) is 73.0 Å². The molecule has 2 aliphatic rings. The molecule has 1 fully saturated rings. The summed E-state index contributed by atoms with van der Waals surface area (Å²) in [7, 11) is 1.75. The van der Waals surface area contributed by atoms with Gasteiger partial charge in [0.25, 0.3) is 0 Å². The largest absolute Gasteiger partial charge is 0.382 e. The van der Waals surface area contributed by atoms with Crippen molar-refractivity contribution in [3.63, 3.8) is 0 Å². The van der Waals surface area contributed by atoms with Gasteiger partial charge in [-0.3, -0.25) is 4.68 Å². The number of fused-ring (bicyclic) bond motifs is 1. The monoisotopic (exact) mass is 478 g/mol. The summed E-state index contributed by atoms with van der Waals surface area (Å²) >= 11 is 0. The van der Waals surface area contributed by atoms with E-state index < -0.39 is 0 Å². The zero-order valence-electron chi connectivity index (χ0n) is 21.3. The lowest BCUT2D eigenvalue weighted by molar-refractivity contribution is 0.200. The minimum Gasteiger partial charge on any atom is -0.382 e. The summed E-state index contributed by atoms with van der Waals surface area (Å²) < 4.78 is 2.09. The molecule has 2 aromatic carbocycles. The smallest absolute Gasteiger partial charge is 0.154 e. The normalized spacial score (nSPS) is 19.4. The summed E-state index contributed by atoms with van der Waals surface area (Å²) in [6, 6.07) is 17.2. The number of nitrogens with zero attached hydrogens (tertiary/aromatic N) is 4. The van der Waals surface area contributed by atoms with Crippen LogP contribution in [0.3, 0.4) is 0 Å². The summed E-state index contributed by atoms with van der Waals surface area (Å²) in [6.45, 7) is 13.0. The van der Waals surface area contributed by atoms with Crippen LogP contribution in [-0.4, -0.2) is 22.7 Å². The Kier molecular flexibility index (Phi) is 6.27. The quantitative estimate of drug-likeness (QED) is 0.239. The molecule has 3 aromatic rings. The number of nitrogens with one attached hydrogen (secondary N) is 1. The third kappa shape index (κ3) is 3.92. The molecule has 36 heavy (non-hydrogen) atoms. The fourth-order valence-corrected chi connectivity index (χ4v) is 5.36. The SMILES string of the molecule is C=Cc1c(/C(N)=N\NC)c(-c2ccc3c(c2)C(=C)N(c2ccccc2)C=C3CC)nn1C1CC(C)C1. The van der Waals surface area contributed by atoms with Crippen LogP contribution in [0.1, 0.15) is 61.5 Å². The van der Waals surface area contributed by atoms with E-state index in [1.54, 1.807) is 7.05 Å². The van der Waals surface area contributed by atoms with Crippen LogP contribution in [0.2, 0.25) is 0 Å². The van der Waals surface area contributed by atoms with Crippen LogP contribution in [0.4, 0.5) is 5.69 Å². The van der Waals surface area contributed by atoms with Gasteiger partial charge in [-0.05, 0) is 60.6 Å². The minimum atomic E-state index is 0.346. The molecule has 0 unspecified atom stereocenters. The number of hydrazone groups is 1. The minimum absolute atomic E-state index is 0.346.